The molecular formula is C16H25NO2S2. The van der Waals surface area contributed by atoms with E-state index in [1.165, 1.54) is 29.2 Å². The van der Waals surface area contributed by atoms with Crippen molar-refractivity contribution in [3.8, 4) is 5.75 Å². The van der Waals surface area contributed by atoms with Crippen LogP contribution in [0.2, 0.25) is 0 Å². The highest BCUT2D eigenvalue weighted by Gasteiger charge is 2.43. The zero-order valence-corrected chi connectivity index (χ0v) is 14.5. The van der Waals surface area contributed by atoms with E-state index >= 15 is 0 Å². The van der Waals surface area contributed by atoms with Crippen LogP contribution in [-0.2, 0) is 4.74 Å². The summed E-state index contributed by atoms with van der Waals surface area (Å²) in [7, 11) is 1.77. The van der Waals surface area contributed by atoms with Crippen LogP contribution in [-0.4, -0.2) is 37.4 Å². The monoisotopic (exact) mass is 327 g/mol. The molecule has 1 aromatic heterocycles. The Kier molecular flexibility index (Phi) is 5.15. The fourth-order valence-electron chi connectivity index (χ4n) is 3.61. The molecule has 1 N–H and O–H groups in total. The Morgan fingerprint density at radius 3 is 3.19 bits per heavy atom. The largest absolute Gasteiger partial charge is 0.496 e. The zero-order valence-electron chi connectivity index (χ0n) is 12.9. The number of rotatable bonds is 5. The second-order valence-electron chi connectivity index (χ2n) is 5.98. The Balaban J connectivity index is 1.80. The summed E-state index contributed by atoms with van der Waals surface area (Å²) in [4.78, 5) is 1.35. The lowest BCUT2D eigenvalue weighted by Gasteiger charge is -2.41. The number of hydrogen-bond acceptors (Lipinski definition) is 5. The molecule has 0 aliphatic carbocycles. The van der Waals surface area contributed by atoms with Crippen LogP contribution in [0.4, 0.5) is 0 Å². The second kappa shape index (κ2) is 6.90. The Bertz CT molecular complexity index is 457. The van der Waals surface area contributed by atoms with Crippen LogP contribution in [0.25, 0.3) is 0 Å². The average molecular weight is 328 g/mol. The molecule has 3 atom stereocenters. The Morgan fingerprint density at radius 2 is 2.48 bits per heavy atom. The highest BCUT2D eigenvalue weighted by atomic mass is 32.2. The van der Waals surface area contributed by atoms with E-state index in [0.29, 0.717) is 12.0 Å². The summed E-state index contributed by atoms with van der Waals surface area (Å²) in [6, 6.07) is 2.49. The van der Waals surface area contributed by atoms with Gasteiger partial charge in [-0.1, -0.05) is 6.92 Å². The van der Waals surface area contributed by atoms with E-state index in [1.54, 1.807) is 7.11 Å². The van der Waals surface area contributed by atoms with E-state index in [4.69, 9.17) is 9.47 Å². The molecular weight excluding hydrogens is 302 g/mol. The van der Waals surface area contributed by atoms with Crippen molar-refractivity contribution in [3.05, 3.63) is 16.3 Å². The van der Waals surface area contributed by atoms with E-state index in [1.807, 2.05) is 23.1 Å². The summed E-state index contributed by atoms with van der Waals surface area (Å²) in [6.45, 7) is 4.08. The maximum atomic E-state index is 6.18. The van der Waals surface area contributed by atoms with Crippen LogP contribution in [0.3, 0.4) is 0 Å². The fourth-order valence-corrected chi connectivity index (χ4v) is 6.02. The third kappa shape index (κ3) is 3.26. The van der Waals surface area contributed by atoms with Crippen LogP contribution in [0, 0.1) is 5.92 Å². The first-order chi connectivity index (χ1) is 10.3. The third-order valence-corrected chi connectivity index (χ3v) is 6.86. The first kappa shape index (κ1) is 15.7. The van der Waals surface area contributed by atoms with Crippen LogP contribution < -0.4 is 10.1 Å². The predicted molar refractivity (Wildman–Crippen MR) is 90.6 cm³/mol. The SMILES string of the molecule is CCNC(c1sccc1OC)C1CCOC2(CCSC2)C1. The number of thiophene rings is 1. The lowest BCUT2D eigenvalue weighted by molar-refractivity contribution is -0.0852. The van der Waals surface area contributed by atoms with Gasteiger partial charge in [-0.25, -0.2) is 0 Å². The van der Waals surface area contributed by atoms with Crippen molar-refractivity contribution in [2.75, 3.05) is 31.8 Å². The summed E-state index contributed by atoms with van der Waals surface area (Å²) in [5.74, 6) is 4.10. The van der Waals surface area contributed by atoms with Crippen molar-refractivity contribution in [1.29, 1.82) is 0 Å². The number of nitrogens with one attached hydrogen (secondary N) is 1. The number of hydrogen-bond donors (Lipinski definition) is 1. The van der Waals surface area contributed by atoms with Gasteiger partial charge in [-0.3, -0.25) is 0 Å². The van der Waals surface area contributed by atoms with Gasteiger partial charge >= 0.3 is 0 Å². The first-order valence-electron chi connectivity index (χ1n) is 7.84. The van der Waals surface area contributed by atoms with Gasteiger partial charge in [-0.05, 0) is 48.9 Å². The van der Waals surface area contributed by atoms with Crippen molar-refractivity contribution >= 4 is 23.1 Å². The lowest BCUT2D eigenvalue weighted by Crippen LogP contribution is -2.43. The molecule has 118 valence electrons. The number of ether oxygens (including phenoxy) is 2. The number of methoxy groups -OCH3 is 1. The van der Waals surface area contributed by atoms with Crippen LogP contribution in [0.1, 0.15) is 37.1 Å². The maximum absolute atomic E-state index is 6.18. The molecule has 5 heteroatoms. The molecule has 0 bridgehead atoms. The lowest BCUT2D eigenvalue weighted by atomic mass is 9.80. The minimum atomic E-state index is 0.145. The summed E-state index contributed by atoms with van der Waals surface area (Å²) in [5.41, 5.74) is 0.145. The normalized spacial score (nSPS) is 30.7. The first-order valence-corrected chi connectivity index (χ1v) is 9.88. The van der Waals surface area contributed by atoms with E-state index in [0.717, 1.165) is 25.3 Å². The maximum Gasteiger partial charge on any atom is 0.134 e. The van der Waals surface area contributed by atoms with E-state index in [2.05, 4.69) is 23.7 Å². The highest BCUT2D eigenvalue weighted by molar-refractivity contribution is 7.99. The van der Waals surface area contributed by atoms with E-state index in [9.17, 15) is 0 Å². The summed E-state index contributed by atoms with van der Waals surface area (Å²) in [6.07, 6.45) is 3.54. The van der Waals surface area contributed by atoms with Crippen molar-refractivity contribution < 1.29 is 9.47 Å². The molecule has 2 saturated heterocycles. The quantitative estimate of drug-likeness (QED) is 0.893. The Morgan fingerprint density at radius 1 is 1.57 bits per heavy atom. The molecule has 21 heavy (non-hydrogen) atoms. The van der Waals surface area contributed by atoms with Crippen LogP contribution in [0.5, 0.6) is 5.75 Å². The Hall–Kier alpha value is -0.230. The molecule has 0 amide bonds. The molecule has 3 nitrogen and oxygen atoms in total. The molecule has 1 spiro atoms. The van der Waals surface area contributed by atoms with Gasteiger partial charge in [0.15, 0.2) is 0 Å². The van der Waals surface area contributed by atoms with Crippen molar-refractivity contribution in [3.63, 3.8) is 0 Å². The van der Waals surface area contributed by atoms with Crippen molar-refractivity contribution in [1.82, 2.24) is 5.32 Å². The molecule has 3 heterocycles. The summed E-state index contributed by atoms with van der Waals surface area (Å²) in [5, 5.41) is 5.84. The molecule has 2 fully saturated rings. The standard InChI is InChI=1S/C16H25NO2S2/c1-3-17-14(15-13(18-2)5-8-21-15)12-4-7-19-16(10-12)6-9-20-11-16/h5,8,12,14,17H,3-4,6-7,9-11H2,1-2H3. The molecule has 3 rings (SSSR count). The topological polar surface area (TPSA) is 30.5 Å². The number of thioether (sulfide) groups is 1. The molecule has 3 unspecified atom stereocenters. The van der Waals surface area contributed by atoms with Gasteiger partial charge in [0, 0.05) is 18.4 Å². The van der Waals surface area contributed by atoms with Gasteiger partial charge in [0.2, 0.25) is 0 Å². The van der Waals surface area contributed by atoms with Crippen LogP contribution in [0.15, 0.2) is 11.4 Å². The zero-order chi connectivity index (χ0) is 14.7. The van der Waals surface area contributed by atoms with Gasteiger partial charge in [-0.15, -0.1) is 11.3 Å². The van der Waals surface area contributed by atoms with Gasteiger partial charge < -0.3 is 14.8 Å². The highest BCUT2D eigenvalue weighted by Crippen LogP contribution is 2.46. The molecule has 0 saturated carbocycles. The second-order valence-corrected chi connectivity index (χ2v) is 8.03. The Labute approximate surface area is 135 Å². The van der Waals surface area contributed by atoms with E-state index in [-0.39, 0.29) is 5.60 Å². The van der Waals surface area contributed by atoms with Gasteiger partial charge in [0.25, 0.3) is 0 Å². The molecule has 2 aliphatic heterocycles. The predicted octanol–water partition coefficient (Wildman–Crippen LogP) is 3.71. The van der Waals surface area contributed by atoms with Gasteiger partial charge in [-0.2, -0.15) is 11.8 Å². The van der Waals surface area contributed by atoms with Crippen molar-refractivity contribution in [2.24, 2.45) is 5.92 Å². The minimum absolute atomic E-state index is 0.145. The molecule has 1 aromatic rings. The summed E-state index contributed by atoms with van der Waals surface area (Å²) < 4.78 is 11.7. The van der Waals surface area contributed by atoms with Gasteiger partial charge in [0.05, 0.1) is 17.6 Å². The van der Waals surface area contributed by atoms with E-state index < -0.39 is 0 Å². The van der Waals surface area contributed by atoms with Crippen LogP contribution >= 0.6 is 23.1 Å². The average Bonchev–Trinajstić information content (AvgIpc) is 3.14. The third-order valence-electron chi connectivity index (χ3n) is 4.65. The molecule has 2 aliphatic rings. The smallest absolute Gasteiger partial charge is 0.134 e. The minimum Gasteiger partial charge on any atom is -0.496 e. The van der Waals surface area contributed by atoms with Crippen molar-refractivity contribution in [2.45, 2.75) is 37.8 Å². The summed E-state index contributed by atoms with van der Waals surface area (Å²) >= 11 is 3.86. The molecule has 0 aromatic carbocycles. The fraction of sp³-hybridized carbons (Fsp3) is 0.750. The van der Waals surface area contributed by atoms with Gasteiger partial charge in [0.1, 0.15) is 5.75 Å². The molecule has 0 radical (unpaired) electrons.